The molecule has 1 aromatic carbocycles. The van der Waals surface area contributed by atoms with Crippen LogP contribution in [-0.2, 0) is 6.54 Å². The zero-order valence-corrected chi connectivity index (χ0v) is 14.3. The molecule has 2 rings (SSSR count). The lowest BCUT2D eigenvalue weighted by molar-refractivity contribution is 0.0735. The monoisotopic (exact) mass is 306 g/mol. The third-order valence-corrected chi connectivity index (χ3v) is 5.33. The number of nitrogens with zero attached hydrogens (tertiary/aromatic N) is 2. The van der Waals surface area contributed by atoms with E-state index >= 15 is 0 Å². The van der Waals surface area contributed by atoms with Crippen molar-refractivity contribution in [1.82, 2.24) is 9.80 Å². The maximum absolute atomic E-state index is 12.7. The number of hydrogen-bond donors (Lipinski definition) is 0. The van der Waals surface area contributed by atoms with E-state index in [1.807, 2.05) is 56.0 Å². The zero-order valence-electron chi connectivity index (χ0n) is 13.5. The summed E-state index contributed by atoms with van der Waals surface area (Å²) in [6, 6.07) is 8.42. The zero-order chi connectivity index (χ0) is 15.4. The van der Waals surface area contributed by atoms with Gasteiger partial charge in [0.1, 0.15) is 0 Å². The first-order valence-corrected chi connectivity index (χ1v) is 8.83. The van der Waals surface area contributed by atoms with Gasteiger partial charge in [0.25, 0.3) is 5.91 Å². The van der Waals surface area contributed by atoms with Crippen LogP contribution in [0.1, 0.15) is 35.2 Å². The quantitative estimate of drug-likeness (QED) is 0.835. The largest absolute Gasteiger partial charge is 0.339 e. The molecule has 2 unspecified atom stereocenters. The molecule has 21 heavy (non-hydrogen) atoms. The Hall–Kier alpha value is -1.00. The molecule has 3 nitrogen and oxygen atoms in total. The van der Waals surface area contributed by atoms with E-state index in [4.69, 9.17) is 0 Å². The van der Waals surface area contributed by atoms with Crippen LogP contribution in [0.15, 0.2) is 24.3 Å². The minimum absolute atomic E-state index is 0.155. The predicted octanol–water partition coefficient (Wildman–Crippen LogP) is 3.10. The molecular weight excluding hydrogens is 280 g/mol. The first-order chi connectivity index (χ1) is 10.0. The lowest BCUT2D eigenvalue weighted by atomic mass is 10.1. The van der Waals surface area contributed by atoms with E-state index in [9.17, 15) is 4.79 Å². The lowest BCUT2D eigenvalue weighted by Crippen LogP contribution is -2.35. The number of amides is 1. The standard InChI is InChI=1S/C17H26N2OS/c1-18(2)12-13-6-5-7-14(10-13)17(20)19(3)15-8-9-16(11-15)21-4/h5-7,10,15-16H,8-9,11-12H2,1-4H3. The second-order valence-corrected chi connectivity index (χ2v) is 7.32. The molecule has 1 fully saturated rings. The number of rotatable bonds is 5. The van der Waals surface area contributed by atoms with Crippen molar-refractivity contribution in [2.75, 3.05) is 27.4 Å². The first-order valence-electron chi connectivity index (χ1n) is 7.55. The molecule has 0 aromatic heterocycles. The molecule has 1 aliphatic rings. The highest BCUT2D eigenvalue weighted by atomic mass is 32.2. The van der Waals surface area contributed by atoms with Crippen molar-refractivity contribution in [2.45, 2.75) is 37.1 Å². The topological polar surface area (TPSA) is 23.6 Å². The van der Waals surface area contributed by atoms with Gasteiger partial charge < -0.3 is 9.80 Å². The normalized spacial score (nSPS) is 21.8. The van der Waals surface area contributed by atoms with E-state index in [1.165, 1.54) is 12.0 Å². The van der Waals surface area contributed by atoms with Gasteiger partial charge in [-0.1, -0.05) is 12.1 Å². The molecule has 0 saturated heterocycles. The number of hydrogen-bond acceptors (Lipinski definition) is 3. The van der Waals surface area contributed by atoms with Crippen molar-refractivity contribution < 1.29 is 4.79 Å². The first kappa shape index (κ1) is 16.4. The molecule has 0 aliphatic heterocycles. The van der Waals surface area contributed by atoms with Gasteiger partial charge in [-0.15, -0.1) is 0 Å². The van der Waals surface area contributed by atoms with Crippen molar-refractivity contribution in [3.8, 4) is 0 Å². The van der Waals surface area contributed by atoms with Gasteiger partial charge in [-0.2, -0.15) is 11.8 Å². The van der Waals surface area contributed by atoms with Crippen molar-refractivity contribution >= 4 is 17.7 Å². The fourth-order valence-electron chi connectivity index (χ4n) is 3.02. The second-order valence-electron chi connectivity index (χ2n) is 6.18. The van der Waals surface area contributed by atoms with Crippen LogP contribution < -0.4 is 0 Å². The third kappa shape index (κ3) is 4.24. The number of thioether (sulfide) groups is 1. The van der Waals surface area contributed by atoms with Gasteiger partial charge in [-0.25, -0.2) is 0 Å². The maximum Gasteiger partial charge on any atom is 0.253 e. The summed E-state index contributed by atoms with van der Waals surface area (Å²) in [5.41, 5.74) is 2.00. The van der Waals surface area contributed by atoms with Crippen LogP contribution in [0.5, 0.6) is 0 Å². The van der Waals surface area contributed by atoms with E-state index in [2.05, 4.69) is 17.2 Å². The van der Waals surface area contributed by atoms with E-state index in [0.717, 1.165) is 24.9 Å². The average molecular weight is 306 g/mol. The molecule has 116 valence electrons. The molecule has 0 spiro atoms. The minimum atomic E-state index is 0.155. The lowest BCUT2D eigenvalue weighted by Gasteiger charge is -2.25. The third-order valence-electron chi connectivity index (χ3n) is 4.23. The van der Waals surface area contributed by atoms with E-state index < -0.39 is 0 Å². The van der Waals surface area contributed by atoms with Gasteiger partial charge in [0.05, 0.1) is 0 Å². The summed E-state index contributed by atoms with van der Waals surface area (Å²) < 4.78 is 0. The summed E-state index contributed by atoms with van der Waals surface area (Å²) in [6.07, 6.45) is 5.65. The fourth-order valence-corrected chi connectivity index (χ4v) is 3.81. The van der Waals surface area contributed by atoms with Gasteiger partial charge in [0.15, 0.2) is 0 Å². The summed E-state index contributed by atoms with van der Waals surface area (Å²) in [4.78, 5) is 16.7. The van der Waals surface area contributed by atoms with E-state index in [1.54, 1.807) is 0 Å². The van der Waals surface area contributed by atoms with Gasteiger partial charge in [-0.05, 0) is 57.3 Å². The van der Waals surface area contributed by atoms with Crippen LogP contribution in [0.4, 0.5) is 0 Å². The average Bonchev–Trinajstić information content (AvgIpc) is 2.94. The van der Waals surface area contributed by atoms with E-state index in [-0.39, 0.29) is 5.91 Å². The summed E-state index contributed by atoms with van der Waals surface area (Å²) in [5.74, 6) is 0.155. The summed E-state index contributed by atoms with van der Waals surface area (Å²) >= 11 is 1.93. The van der Waals surface area contributed by atoms with Gasteiger partial charge >= 0.3 is 0 Å². The highest BCUT2D eigenvalue weighted by molar-refractivity contribution is 7.99. The smallest absolute Gasteiger partial charge is 0.253 e. The second kappa shape index (κ2) is 7.32. The van der Waals surface area contributed by atoms with Gasteiger partial charge in [-0.3, -0.25) is 4.79 Å². The molecule has 0 heterocycles. The Labute approximate surface area is 132 Å². The van der Waals surface area contributed by atoms with Crippen LogP contribution in [0.2, 0.25) is 0 Å². The molecule has 0 radical (unpaired) electrons. The number of benzene rings is 1. The van der Waals surface area contributed by atoms with Crippen molar-refractivity contribution in [3.05, 3.63) is 35.4 Å². The van der Waals surface area contributed by atoms with Gasteiger partial charge in [0.2, 0.25) is 0 Å². The minimum Gasteiger partial charge on any atom is -0.339 e. The Balaban J connectivity index is 2.05. The molecule has 2 atom stereocenters. The highest BCUT2D eigenvalue weighted by Gasteiger charge is 2.29. The molecule has 0 N–H and O–H groups in total. The van der Waals surface area contributed by atoms with Crippen LogP contribution in [0, 0.1) is 0 Å². The Bertz CT molecular complexity index is 489. The molecule has 1 amide bonds. The van der Waals surface area contributed by atoms with Crippen molar-refractivity contribution in [3.63, 3.8) is 0 Å². The van der Waals surface area contributed by atoms with Crippen LogP contribution >= 0.6 is 11.8 Å². The number of carbonyl (C=O) groups excluding carboxylic acids is 1. The molecular formula is C17H26N2OS. The predicted molar refractivity (Wildman–Crippen MR) is 90.9 cm³/mol. The van der Waals surface area contributed by atoms with Crippen LogP contribution in [0.3, 0.4) is 0 Å². The molecule has 4 heteroatoms. The van der Waals surface area contributed by atoms with Crippen molar-refractivity contribution in [2.24, 2.45) is 0 Å². The molecule has 1 aliphatic carbocycles. The summed E-state index contributed by atoms with van der Waals surface area (Å²) in [7, 11) is 6.04. The molecule has 1 aromatic rings. The van der Waals surface area contributed by atoms with Crippen molar-refractivity contribution in [1.29, 1.82) is 0 Å². The van der Waals surface area contributed by atoms with Crippen LogP contribution in [0.25, 0.3) is 0 Å². The molecule has 1 saturated carbocycles. The Kier molecular flexibility index (Phi) is 5.71. The SMILES string of the molecule is CSC1CCC(N(C)C(=O)c2cccc(CN(C)C)c2)C1. The summed E-state index contributed by atoms with van der Waals surface area (Å²) in [6.45, 7) is 0.864. The maximum atomic E-state index is 12.7. The highest BCUT2D eigenvalue weighted by Crippen LogP contribution is 2.31. The van der Waals surface area contributed by atoms with Gasteiger partial charge in [0, 0.05) is 30.4 Å². The molecule has 0 bridgehead atoms. The summed E-state index contributed by atoms with van der Waals surface area (Å²) in [5, 5.41) is 0.713. The Morgan fingerprint density at radius 3 is 2.67 bits per heavy atom. The Morgan fingerprint density at radius 1 is 1.29 bits per heavy atom. The Morgan fingerprint density at radius 2 is 2.05 bits per heavy atom. The van der Waals surface area contributed by atoms with Crippen LogP contribution in [-0.4, -0.2) is 54.4 Å². The fraction of sp³-hybridized carbons (Fsp3) is 0.588. The van der Waals surface area contributed by atoms with E-state index in [0.29, 0.717) is 11.3 Å². The number of carbonyl (C=O) groups is 1.